The molecule has 2 unspecified atom stereocenters. The molecule has 0 aromatic carbocycles. The summed E-state index contributed by atoms with van der Waals surface area (Å²) in [7, 11) is 0. The monoisotopic (exact) mass is 264 g/mol. The van der Waals surface area contributed by atoms with Gasteiger partial charge in [-0.05, 0) is 32.6 Å². The van der Waals surface area contributed by atoms with Gasteiger partial charge >= 0.3 is 0 Å². The van der Waals surface area contributed by atoms with Gasteiger partial charge in [0.1, 0.15) is 0 Å². The third-order valence-electron chi connectivity index (χ3n) is 3.63. The summed E-state index contributed by atoms with van der Waals surface area (Å²) in [5.74, 6) is 0. The van der Waals surface area contributed by atoms with E-state index >= 15 is 0 Å². The highest BCUT2D eigenvalue weighted by molar-refractivity contribution is 5.85. The SMILES string of the molecule is CCN(CC)CC(CC1CO1)N(CC)CC.Cl. The Kier molecular flexibility index (Phi) is 9.24. The fourth-order valence-corrected chi connectivity index (χ4v) is 2.37. The predicted molar refractivity (Wildman–Crippen MR) is 76.1 cm³/mol. The van der Waals surface area contributed by atoms with Crippen molar-refractivity contribution in [3.05, 3.63) is 0 Å². The second kappa shape index (κ2) is 9.15. The third kappa shape index (κ3) is 6.05. The van der Waals surface area contributed by atoms with Crippen LogP contribution in [-0.2, 0) is 4.74 Å². The van der Waals surface area contributed by atoms with Crippen LogP contribution in [0.5, 0.6) is 0 Å². The van der Waals surface area contributed by atoms with Crippen molar-refractivity contribution in [3.63, 3.8) is 0 Å². The van der Waals surface area contributed by atoms with E-state index in [4.69, 9.17) is 4.74 Å². The zero-order chi connectivity index (χ0) is 12.0. The Labute approximate surface area is 113 Å². The highest BCUT2D eigenvalue weighted by Crippen LogP contribution is 2.19. The van der Waals surface area contributed by atoms with Gasteiger partial charge in [0.25, 0.3) is 0 Å². The van der Waals surface area contributed by atoms with Crippen LogP contribution in [0.4, 0.5) is 0 Å². The topological polar surface area (TPSA) is 19.0 Å². The lowest BCUT2D eigenvalue weighted by atomic mass is 10.1. The lowest BCUT2D eigenvalue weighted by molar-refractivity contribution is 0.139. The minimum absolute atomic E-state index is 0. The molecular weight excluding hydrogens is 236 g/mol. The number of likely N-dealkylation sites (N-methyl/N-ethyl adjacent to an activating group) is 2. The standard InChI is InChI=1S/C13H28N2O.ClH/c1-5-14(6-2)10-12(9-13-11-16-13)15(7-3)8-4;/h12-13H,5-11H2,1-4H3;1H. The minimum atomic E-state index is 0. The molecule has 1 rings (SSSR count). The Morgan fingerprint density at radius 3 is 1.94 bits per heavy atom. The van der Waals surface area contributed by atoms with E-state index in [1.807, 2.05) is 0 Å². The molecule has 0 radical (unpaired) electrons. The molecule has 0 bridgehead atoms. The Balaban J connectivity index is 0.00000256. The van der Waals surface area contributed by atoms with Crippen LogP contribution < -0.4 is 0 Å². The number of halogens is 1. The van der Waals surface area contributed by atoms with Gasteiger partial charge in [0.05, 0.1) is 12.7 Å². The first-order valence-electron chi connectivity index (χ1n) is 6.83. The van der Waals surface area contributed by atoms with Gasteiger partial charge in [0.15, 0.2) is 0 Å². The zero-order valence-electron chi connectivity index (χ0n) is 11.8. The summed E-state index contributed by atoms with van der Waals surface area (Å²) in [5.41, 5.74) is 0. The van der Waals surface area contributed by atoms with Crippen molar-refractivity contribution in [1.82, 2.24) is 9.80 Å². The summed E-state index contributed by atoms with van der Waals surface area (Å²) in [5, 5.41) is 0. The number of epoxide rings is 1. The highest BCUT2D eigenvalue weighted by atomic mass is 35.5. The van der Waals surface area contributed by atoms with Crippen LogP contribution in [0, 0.1) is 0 Å². The van der Waals surface area contributed by atoms with Gasteiger partial charge < -0.3 is 9.64 Å². The van der Waals surface area contributed by atoms with Gasteiger partial charge in [-0.15, -0.1) is 12.4 Å². The van der Waals surface area contributed by atoms with Crippen LogP contribution in [0.3, 0.4) is 0 Å². The normalized spacial score (nSPS) is 20.5. The maximum absolute atomic E-state index is 5.38. The summed E-state index contributed by atoms with van der Waals surface area (Å²) in [6.07, 6.45) is 1.75. The molecule has 2 atom stereocenters. The summed E-state index contributed by atoms with van der Waals surface area (Å²) in [4.78, 5) is 5.09. The number of ether oxygens (including phenoxy) is 1. The second-order valence-corrected chi connectivity index (χ2v) is 4.55. The number of hydrogen-bond acceptors (Lipinski definition) is 3. The molecule has 1 heterocycles. The molecule has 0 saturated carbocycles. The lowest BCUT2D eigenvalue weighted by Crippen LogP contribution is -2.44. The van der Waals surface area contributed by atoms with Crippen LogP contribution in [0.25, 0.3) is 0 Å². The van der Waals surface area contributed by atoms with E-state index in [0.29, 0.717) is 12.1 Å². The van der Waals surface area contributed by atoms with E-state index in [0.717, 1.165) is 32.8 Å². The Morgan fingerprint density at radius 2 is 1.59 bits per heavy atom. The largest absolute Gasteiger partial charge is 0.373 e. The molecule has 1 aliphatic rings. The molecule has 1 fully saturated rings. The van der Waals surface area contributed by atoms with Crippen molar-refractivity contribution in [2.75, 3.05) is 39.3 Å². The van der Waals surface area contributed by atoms with Crippen LogP contribution in [0.1, 0.15) is 34.1 Å². The molecule has 0 N–H and O–H groups in total. The molecular formula is C13H29ClN2O. The average molecular weight is 265 g/mol. The molecule has 1 aliphatic heterocycles. The molecule has 4 heteroatoms. The van der Waals surface area contributed by atoms with E-state index in [-0.39, 0.29) is 12.4 Å². The summed E-state index contributed by atoms with van der Waals surface area (Å²) in [6.45, 7) is 15.8. The Bertz CT molecular complexity index is 180. The van der Waals surface area contributed by atoms with E-state index < -0.39 is 0 Å². The summed E-state index contributed by atoms with van der Waals surface area (Å²) < 4.78 is 5.38. The average Bonchev–Trinajstić information content (AvgIpc) is 3.10. The van der Waals surface area contributed by atoms with Crippen molar-refractivity contribution in [2.45, 2.75) is 46.3 Å². The van der Waals surface area contributed by atoms with Gasteiger partial charge in [-0.2, -0.15) is 0 Å². The predicted octanol–water partition coefficient (Wildman–Crippen LogP) is 2.25. The maximum atomic E-state index is 5.38. The van der Waals surface area contributed by atoms with E-state index in [1.165, 1.54) is 13.0 Å². The molecule has 17 heavy (non-hydrogen) atoms. The smallest absolute Gasteiger partial charge is 0.0825 e. The van der Waals surface area contributed by atoms with Crippen molar-refractivity contribution < 1.29 is 4.74 Å². The number of rotatable bonds is 9. The van der Waals surface area contributed by atoms with Crippen molar-refractivity contribution in [3.8, 4) is 0 Å². The maximum Gasteiger partial charge on any atom is 0.0825 e. The first kappa shape index (κ1) is 17.2. The molecule has 0 aromatic rings. The Hall–Kier alpha value is 0.170. The molecule has 0 aliphatic carbocycles. The second-order valence-electron chi connectivity index (χ2n) is 4.55. The fraction of sp³-hybridized carbons (Fsp3) is 1.00. The van der Waals surface area contributed by atoms with E-state index in [2.05, 4.69) is 37.5 Å². The molecule has 0 spiro atoms. The van der Waals surface area contributed by atoms with Gasteiger partial charge in [-0.25, -0.2) is 0 Å². The molecule has 0 aromatic heterocycles. The Morgan fingerprint density at radius 1 is 1.06 bits per heavy atom. The first-order chi connectivity index (χ1) is 7.74. The lowest BCUT2D eigenvalue weighted by Gasteiger charge is -2.33. The minimum Gasteiger partial charge on any atom is -0.373 e. The van der Waals surface area contributed by atoms with Crippen molar-refractivity contribution in [1.29, 1.82) is 0 Å². The van der Waals surface area contributed by atoms with Gasteiger partial charge in [-0.1, -0.05) is 27.7 Å². The van der Waals surface area contributed by atoms with Crippen LogP contribution in [0.15, 0.2) is 0 Å². The number of nitrogens with zero attached hydrogens (tertiary/aromatic N) is 2. The van der Waals surface area contributed by atoms with Crippen molar-refractivity contribution in [2.24, 2.45) is 0 Å². The zero-order valence-corrected chi connectivity index (χ0v) is 12.6. The molecule has 1 saturated heterocycles. The van der Waals surface area contributed by atoms with Crippen LogP contribution in [-0.4, -0.2) is 61.3 Å². The first-order valence-corrected chi connectivity index (χ1v) is 6.83. The van der Waals surface area contributed by atoms with E-state index in [1.54, 1.807) is 0 Å². The fourth-order valence-electron chi connectivity index (χ4n) is 2.37. The van der Waals surface area contributed by atoms with Gasteiger partial charge in [-0.3, -0.25) is 4.90 Å². The number of hydrogen-bond donors (Lipinski definition) is 0. The quantitative estimate of drug-likeness (QED) is 0.596. The van der Waals surface area contributed by atoms with E-state index in [9.17, 15) is 0 Å². The van der Waals surface area contributed by atoms with Crippen LogP contribution in [0.2, 0.25) is 0 Å². The summed E-state index contributed by atoms with van der Waals surface area (Å²) >= 11 is 0. The molecule has 0 amide bonds. The third-order valence-corrected chi connectivity index (χ3v) is 3.63. The molecule has 3 nitrogen and oxygen atoms in total. The van der Waals surface area contributed by atoms with Crippen molar-refractivity contribution >= 4 is 12.4 Å². The summed E-state index contributed by atoms with van der Waals surface area (Å²) in [6, 6.07) is 0.669. The van der Waals surface area contributed by atoms with Crippen LogP contribution >= 0.6 is 12.4 Å². The van der Waals surface area contributed by atoms with Gasteiger partial charge in [0, 0.05) is 12.6 Å². The highest BCUT2D eigenvalue weighted by Gasteiger charge is 2.29. The molecule has 104 valence electrons. The van der Waals surface area contributed by atoms with Gasteiger partial charge in [0.2, 0.25) is 0 Å².